The first kappa shape index (κ1) is 15.0. The number of carbonyl (C=O) groups is 1. The molecule has 4 nitrogen and oxygen atoms in total. The van der Waals surface area contributed by atoms with E-state index in [-0.39, 0.29) is 6.03 Å². The van der Waals surface area contributed by atoms with Crippen LogP contribution in [0.5, 0.6) is 0 Å². The molecule has 0 radical (unpaired) electrons. The maximum atomic E-state index is 11.9. The molecule has 1 saturated carbocycles. The quantitative estimate of drug-likeness (QED) is 0.845. The number of amides is 2. The Morgan fingerprint density at radius 3 is 2.55 bits per heavy atom. The predicted octanol–water partition coefficient (Wildman–Crippen LogP) is 2.28. The Kier molecular flexibility index (Phi) is 6.05. The van der Waals surface area contributed by atoms with Gasteiger partial charge in [0.1, 0.15) is 0 Å². The zero-order valence-corrected chi connectivity index (χ0v) is 12.5. The number of carbonyl (C=O) groups excluding carboxylic acids is 1. The summed E-state index contributed by atoms with van der Waals surface area (Å²) in [6.07, 6.45) is 5.00. The monoisotopic (exact) mass is 294 g/mol. The first-order chi connectivity index (χ1) is 9.75. The van der Waals surface area contributed by atoms with Crippen LogP contribution >= 0.6 is 0 Å². The van der Waals surface area contributed by atoms with Gasteiger partial charge in [0.2, 0.25) is 0 Å². The SMILES string of the molecule is O=C(NCC[S@](=O)c1ccccc1)NCC1CCCC1. The summed E-state index contributed by atoms with van der Waals surface area (Å²) >= 11 is 0. The number of nitrogens with one attached hydrogen (secondary N) is 2. The van der Waals surface area contributed by atoms with Gasteiger partial charge in [0, 0.05) is 23.7 Å². The molecule has 1 aromatic rings. The Hall–Kier alpha value is -1.36. The molecule has 2 rings (SSSR count). The predicted molar refractivity (Wildman–Crippen MR) is 81.1 cm³/mol. The van der Waals surface area contributed by atoms with Crippen LogP contribution in [0.2, 0.25) is 0 Å². The van der Waals surface area contributed by atoms with Gasteiger partial charge in [0.05, 0.1) is 10.8 Å². The highest BCUT2D eigenvalue weighted by molar-refractivity contribution is 7.85. The third-order valence-corrected chi connectivity index (χ3v) is 4.98. The summed E-state index contributed by atoms with van der Waals surface area (Å²) in [7, 11) is -1.05. The highest BCUT2D eigenvalue weighted by Crippen LogP contribution is 2.23. The van der Waals surface area contributed by atoms with E-state index in [4.69, 9.17) is 0 Å². The van der Waals surface area contributed by atoms with Gasteiger partial charge in [-0.3, -0.25) is 4.21 Å². The van der Waals surface area contributed by atoms with Crippen molar-refractivity contribution >= 4 is 16.8 Å². The van der Waals surface area contributed by atoms with Gasteiger partial charge in [-0.25, -0.2) is 4.79 Å². The fraction of sp³-hybridized carbons (Fsp3) is 0.533. The zero-order chi connectivity index (χ0) is 14.2. The van der Waals surface area contributed by atoms with Crippen molar-refractivity contribution in [2.75, 3.05) is 18.8 Å². The molecule has 1 aliphatic rings. The normalized spacial score (nSPS) is 16.8. The minimum Gasteiger partial charge on any atom is -0.338 e. The van der Waals surface area contributed by atoms with Crippen LogP contribution < -0.4 is 10.6 Å². The van der Waals surface area contributed by atoms with E-state index in [2.05, 4.69) is 10.6 Å². The number of hydrogen-bond donors (Lipinski definition) is 2. The van der Waals surface area contributed by atoms with Crippen molar-refractivity contribution in [3.63, 3.8) is 0 Å². The Morgan fingerprint density at radius 2 is 1.85 bits per heavy atom. The van der Waals surface area contributed by atoms with Crippen LogP contribution in [0, 0.1) is 5.92 Å². The Morgan fingerprint density at radius 1 is 1.15 bits per heavy atom. The van der Waals surface area contributed by atoms with Crippen LogP contribution in [0.4, 0.5) is 4.79 Å². The van der Waals surface area contributed by atoms with Gasteiger partial charge in [-0.15, -0.1) is 0 Å². The molecule has 1 aromatic carbocycles. The first-order valence-corrected chi connectivity index (χ1v) is 8.53. The van der Waals surface area contributed by atoms with Gasteiger partial charge in [-0.2, -0.15) is 0 Å². The van der Waals surface area contributed by atoms with Crippen molar-refractivity contribution in [2.45, 2.75) is 30.6 Å². The van der Waals surface area contributed by atoms with Crippen LogP contribution in [0.15, 0.2) is 35.2 Å². The van der Waals surface area contributed by atoms with E-state index in [0.717, 1.165) is 11.4 Å². The molecule has 20 heavy (non-hydrogen) atoms. The number of rotatable bonds is 6. The van der Waals surface area contributed by atoms with Crippen molar-refractivity contribution in [3.05, 3.63) is 30.3 Å². The topological polar surface area (TPSA) is 58.2 Å². The number of hydrogen-bond acceptors (Lipinski definition) is 2. The van der Waals surface area contributed by atoms with E-state index in [9.17, 15) is 9.00 Å². The summed E-state index contributed by atoms with van der Waals surface area (Å²) in [6.45, 7) is 1.19. The summed E-state index contributed by atoms with van der Waals surface area (Å²) in [5, 5.41) is 5.65. The number of benzene rings is 1. The number of urea groups is 1. The molecule has 1 aliphatic carbocycles. The lowest BCUT2D eigenvalue weighted by Gasteiger charge is -2.11. The lowest BCUT2D eigenvalue weighted by Crippen LogP contribution is -2.39. The molecule has 1 atom stereocenters. The van der Waals surface area contributed by atoms with Crippen molar-refractivity contribution in [1.29, 1.82) is 0 Å². The lowest BCUT2D eigenvalue weighted by molar-refractivity contribution is 0.239. The van der Waals surface area contributed by atoms with Crippen LogP contribution in [0.1, 0.15) is 25.7 Å². The summed E-state index contributed by atoms with van der Waals surface area (Å²) in [4.78, 5) is 12.4. The van der Waals surface area contributed by atoms with E-state index in [1.165, 1.54) is 25.7 Å². The van der Waals surface area contributed by atoms with Gasteiger partial charge >= 0.3 is 6.03 Å². The molecule has 110 valence electrons. The van der Waals surface area contributed by atoms with Gasteiger partial charge < -0.3 is 10.6 Å². The van der Waals surface area contributed by atoms with Gasteiger partial charge in [-0.1, -0.05) is 31.0 Å². The van der Waals surface area contributed by atoms with E-state index < -0.39 is 10.8 Å². The smallest absolute Gasteiger partial charge is 0.314 e. The third kappa shape index (κ3) is 4.96. The van der Waals surface area contributed by atoms with Crippen molar-refractivity contribution in [2.24, 2.45) is 5.92 Å². The van der Waals surface area contributed by atoms with Crippen LogP contribution in [-0.2, 0) is 10.8 Å². The second kappa shape index (κ2) is 8.04. The summed E-state index contributed by atoms with van der Waals surface area (Å²) in [6, 6.07) is 9.17. The van der Waals surface area contributed by atoms with E-state index in [0.29, 0.717) is 18.2 Å². The molecule has 0 aromatic heterocycles. The average Bonchev–Trinajstić information content (AvgIpc) is 2.99. The molecule has 0 aliphatic heterocycles. The molecule has 2 N–H and O–H groups in total. The minimum atomic E-state index is -1.05. The lowest BCUT2D eigenvalue weighted by atomic mass is 10.1. The standard InChI is InChI=1S/C15H22N2O2S/c18-15(17-12-13-6-4-5-7-13)16-10-11-20(19)14-8-2-1-3-9-14/h1-3,8-9,13H,4-7,10-12H2,(H2,16,17,18)/t20-/m0/s1. The molecule has 0 saturated heterocycles. The Bertz CT molecular complexity index is 444. The van der Waals surface area contributed by atoms with E-state index in [1.54, 1.807) is 0 Å². The molecule has 5 heteroatoms. The van der Waals surface area contributed by atoms with Gasteiger partial charge in [0.15, 0.2) is 0 Å². The fourth-order valence-corrected chi connectivity index (χ4v) is 3.45. The van der Waals surface area contributed by atoms with E-state index in [1.807, 2.05) is 30.3 Å². The Labute approximate surface area is 122 Å². The van der Waals surface area contributed by atoms with Crippen LogP contribution in [-0.4, -0.2) is 29.1 Å². The van der Waals surface area contributed by atoms with E-state index >= 15 is 0 Å². The zero-order valence-electron chi connectivity index (χ0n) is 11.6. The summed E-state index contributed by atoms with van der Waals surface area (Å²) < 4.78 is 11.9. The molecule has 0 bridgehead atoms. The molecule has 0 heterocycles. The van der Waals surface area contributed by atoms with Crippen molar-refractivity contribution in [1.82, 2.24) is 10.6 Å². The van der Waals surface area contributed by atoms with Crippen molar-refractivity contribution < 1.29 is 9.00 Å². The van der Waals surface area contributed by atoms with Crippen LogP contribution in [0.3, 0.4) is 0 Å². The highest BCUT2D eigenvalue weighted by Gasteiger charge is 2.15. The largest absolute Gasteiger partial charge is 0.338 e. The minimum absolute atomic E-state index is 0.151. The average molecular weight is 294 g/mol. The van der Waals surface area contributed by atoms with Crippen molar-refractivity contribution in [3.8, 4) is 0 Å². The second-order valence-corrected chi connectivity index (χ2v) is 6.72. The molecule has 2 amide bonds. The maximum absolute atomic E-state index is 11.9. The molecule has 0 unspecified atom stereocenters. The third-order valence-electron chi connectivity index (χ3n) is 3.61. The van der Waals surface area contributed by atoms with Gasteiger partial charge in [0.25, 0.3) is 0 Å². The molecular formula is C15H22N2O2S. The highest BCUT2D eigenvalue weighted by atomic mass is 32.2. The summed E-state index contributed by atoms with van der Waals surface area (Å²) in [5.74, 6) is 1.08. The Balaban J connectivity index is 1.60. The molecule has 1 fully saturated rings. The fourth-order valence-electron chi connectivity index (χ4n) is 2.46. The summed E-state index contributed by atoms with van der Waals surface area (Å²) in [5.41, 5.74) is 0. The first-order valence-electron chi connectivity index (χ1n) is 7.21. The van der Waals surface area contributed by atoms with Crippen LogP contribution in [0.25, 0.3) is 0 Å². The van der Waals surface area contributed by atoms with Gasteiger partial charge in [-0.05, 0) is 30.9 Å². The second-order valence-electron chi connectivity index (χ2n) is 5.15. The molecular weight excluding hydrogens is 272 g/mol. The maximum Gasteiger partial charge on any atom is 0.314 e. The molecule has 0 spiro atoms.